The lowest BCUT2D eigenvalue weighted by atomic mass is 9.94. The smallest absolute Gasteiger partial charge is 0.253 e. The van der Waals surface area contributed by atoms with Crippen molar-refractivity contribution in [3.63, 3.8) is 0 Å². The summed E-state index contributed by atoms with van der Waals surface area (Å²) >= 11 is 0. The Hall–Kier alpha value is -3.55. The number of carbonyl (C=O) groups is 2. The van der Waals surface area contributed by atoms with Crippen molar-refractivity contribution in [2.75, 3.05) is 44.6 Å². The predicted octanol–water partition coefficient (Wildman–Crippen LogP) is 5.17. The van der Waals surface area contributed by atoms with Crippen LogP contribution in [0.2, 0.25) is 0 Å². The van der Waals surface area contributed by atoms with Gasteiger partial charge in [0.25, 0.3) is 5.91 Å². The quantitative estimate of drug-likeness (QED) is 0.426. The molecule has 3 aromatic carbocycles. The van der Waals surface area contributed by atoms with Gasteiger partial charge in [-0.1, -0.05) is 36.4 Å². The molecular weight excluding hydrogens is 479 g/mol. The average molecular weight is 517 g/mol. The number of piperazine rings is 1. The first-order chi connectivity index (χ1) is 18.4. The Kier molecular flexibility index (Phi) is 9.26. The van der Waals surface area contributed by atoms with Gasteiger partial charge in [0, 0.05) is 64.0 Å². The zero-order valence-electron chi connectivity index (χ0n) is 22.5. The first kappa shape index (κ1) is 27.5. The molecule has 7 heteroatoms. The van der Waals surface area contributed by atoms with Crippen molar-refractivity contribution < 1.29 is 14.0 Å². The minimum Gasteiger partial charge on any atom is -0.339 e. The summed E-state index contributed by atoms with van der Waals surface area (Å²) in [6.45, 7) is 11.1. The fraction of sp³-hybridized carbons (Fsp3) is 0.355. The number of anilines is 1. The lowest BCUT2D eigenvalue weighted by Crippen LogP contribution is -2.47. The van der Waals surface area contributed by atoms with E-state index in [-0.39, 0.29) is 23.7 Å². The van der Waals surface area contributed by atoms with E-state index in [9.17, 15) is 14.0 Å². The van der Waals surface area contributed by atoms with Crippen LogP contribution in [0.1, 0.15) is 53.9 Å². The van der Waals surface area contributed by atoms with E-state index in [1.807, 2.05) is 61.2 Å². The number of halogens is 1. The number of hydrogen-bond acceptors (Lipinski definition) is 4. The van der Waals surface area contributed by atoms with Crippen molar-refractivity contribution in [3.05, 3.63) is 101 Å². The number of nitrogens with one attached hydrogen (secondary N) is 1. The number of benzene rings is 3. The van der Waals surface area contributed by atoms with Gasteiger partial charge in [-0.15, -0.1) is 0 Å². The largest absolute Gasteiger partial charge is 0.339 e. The van der Waals surface area contributed by atoms with Gasteiger partial charge in [0.15, 0.2) is 0 Å². The number of amides is 2. The third-order valence-corrected chi connectivity index (χ3v) is 7.14. The normalized spacial score (nSPS) is 15.2. The predicted molar refractivity (Wildman–Crippen MR) is 150 cm³/mol. The lowest BCUT2D eigenvalue weighted by Gasteiger charge is -2.40. The van der Waals surface area contributed by atoms with Crippen LogP contribution < -0.4 is 5.32 Å². The Morgan fingerprint density at radius 3 is 2.16 bits per heavy atom. The van der Waals surface area contributed by atoms with Crippen molar-refractivity contribution >= 4 is 17.5 Å². The number of rotatable bonds is 9. The van der Waals surface area contributed by atoms with Gasteiger partial charge in [0.1, 0.15) is 5.82 Å². The van der Waals surface area contributed by atoms with Crippen LogP contribution in [-0.2, 0) is 11.3 Å². The van der Waals surface area contributed by atoms with Gasteiger partial charge in [-0.05, 0) is 66.9 Å². The maximum atomic E-state index is 13.3. The standard InChI is InChI=1S/C31H37FN4O2/c1-4-35(5-2)31(38)26-13-11-25(12-14-26)30(27-7-6-8-29(21-27)33-23(3)37)36-19-17-34(18-20-36)22-24-9-15-28(32)16-10-24/h6-16,21,30H,4-5,17-20,22H2,1-3H3,(H,33,37)/t30-/m1/s1. The molecule has 0 aliphatic carbocycles. The summed E-state index contributed by atoms with van der Waals surface area (Å²) in [6.07, 6.45) is 0. The molecule has 0 unspecified atom stereocenters. The summed E-state index contributed by atoms with van der Waals surface area (Å²) in [7, 11) is 0. The van der Waals surface area contributed by atoms with E-state index in [0.29, 0.717) is 18.7 Å². The van der Waals surface area contributed by atoms with Crippen LogP contribution in [0.3, 0.4) is 0 Å². The Morgan fingerprint density at radius 2 is 1.55 bits per heavy atom. The fourth-order valence-corrected chi connectivity index (χ4v) is 5.13. The molecule has 0 aromatic heterocycles. The summed E-state index contributed by atoms with van der Waals surface area (Å²) in [5, 5.41) is 2.90. The maximum absolute atomic E-state index is 13.3. The second-order valence-corrected chi connectivity index (χ2v) is 9.75. The van der Waals surface area contributed by atoms with E-state index in [1.165, 1.54) is 19.1 Å². The van der Waals surface area contributed by atoms with Crippen LogP contribution in [0, 0.1) is 5.82 Å². The van der Waals surface area contributed by atoms with Crippen LogP contribution in [0.5, 0.6) is 0 Å². The minimum atomic E-state index is -0.215. The molecular formula is C31H37FN4O2. The van der Waals surface area contributed by atoms with Gasteiger partial charge in [-0.2, -0.15) is 0 Å². The molecule has 1 aliphatic rings. The van der Waals surface area contributed by atoms with Gasteiger partial charge in [-0.25, -0.2) is 4.39 Å². The summed E-state index contributed by atoms with van der Waals surface area (Å²) in [5.41, 5.74) is 4.75. The average Bonchev–Trinajstić information content (AvgIpc) is 2.92. The highest BCUT2D eigenvalue weighted by Crippen LogP contribution is 2.32. The fourth-order valence-electron chi connectivity index (χ4n) is 5.13. The van der Waals surface area contributed by atoms with Crippen molar-refractivity contribution in [1.82, 2.24) is 14.7 Å². The van der Waals surface area contributed by atoms with Crippen LogP contribution in [-0.4, -0.2) is 65.8 Å². The number of nitrogens with zero attached hydrogens (tertiary/aromatic N) is 3. The zero-order valence-corrected chi connectivity index (χ0v) is 22.5. The molecule has 2 amide bonds. The lowest BCUT2D eigenvalue weighted by molar-refractivity contribution is -0.114. The van der Waals surface area contributed by atoms with E-state index in [4.69, 9.17) is 0 Å². The van der Waals surface area contributed by atoms with Crippen LogP contribution in [0.15, 0.2) is 72.8 Å². The molecule has 200 valence electrons. The van der Waals surface area contributed by atoms with Crippen LogP contribution in [0.4, 0.5) is 10.1 Å². The highest BCUT2D eigenvalue weighted by atomic mass is 19.1. The maximum Gasteiger partial charge on any atom is 0.253 e. The first-order valence-electron chi connectivity index (χ1n) is 13.4. The molecule has 3 aromatic rings. The van der Waals surface area contributed by atoms with Crippen molar-refractivity contribution in [2.24, 2.45) is 0 Å². The minimum absolute atomic E-state index is 0.0192. The Bertz CT molecular complexity index is 1220. The van der Waals surface area contributed by atoms with E-state index < -0.39 is 0 Å². The molecule has 1 N–H and O–H groups in total. The Morgan fingerprint density at radius 1 is 0.895 bits per heavy atom. The van der Waals surface area contributed by atoms with Gasteiger partial charge in [-0.3, -0.25) is 19.4 Å². The van der Waals surface area contributed by atoms with Gasteiger partial charge < -0.3 is 10.2 Å². The molecule has 0 spiro atoms. The van der Waals surface area contributed by atoms with Crippen molar-refractivity contribution in [3.8, 4) is 0 Å². The summed E-state index contributed by atoms with van der Waals surface area (Å²) in [4.78, 5) is 31.2. The molecule has 1 heterocycles. The van der Waals surface area contributed by atoms with E-state index in [0.717, 1.165) is 55.1 Å². The monoisotopic (exact) mass is 516 g/mol. The van der Waals surface area contributed by atoms with Crippen LogP contribution in [0.25, 0.3) is 0 Å². The summed E-state index contributed by atoms with van der Waals surface area (Å²) < 4.78 is 13.3. The summed E-state index contributed by atoms with van der Waals surface area (Å²) in [6, 6.07) is 22.6. The molecule has 1 saturated heterocycles. The van der Waals surface area contributed by atoms with E-state index >= 15 is 0 Å². The molecule has 1 fully saturated rings. The molecule has 38 heavy (non-hydrogen) atoms. The van der Waals surface area contributed by atoms with Gasteiger partial charge in [0.2, 0.25) is 5.91 Å². The molecule has 6 nitrogen and oxygen atoms in total. The second-order valence-electron chi connectivity index (χ2n) is 9.75. The SMILES string of the molecule is CCN(CC)C(=O)c1ccc([C@H](c2cccc(NC(C)=O)c2)N2CCN(Cc3ccc(F)cc3)CC2)cc1. The van der Waals surface area contributed by atoms with Crippen LogP contribution >= 0.6 is 0 Å². The van der Waals surface area contributed by atoms with Gasteiger partial charge in [0.05, 0.1) is 6.04 Å². The number of hydrogen-bond donors (Lipinski definition) is 1. The van der Waals surface area contributed by atoms with Crippen molar-refractivity contribution in [1.29, 1.82) is 0 Å². The Balaban J connectivity index is 1.56. The molecule has 0 radical (unpaired) electrons. The first-order valence-corrected chi connectivity index (χ1v) is 13.4. The van der Waals surface area contributed by atoms with E-state index in [1.54, 1.807) is 0 Å². The third-order valence-electron chi connectivity index (χ3n) is 7.14. The Labute approximate surface area is 225 Å². The zero-order chi connectivity index (χ0) is 27.1. The highest BCUT2D eigenvalue weighted by molar-refractivity contribution is 5.94. The molecule has 1 aliphatic heterocycles. The molecule has 1 atom stereocenters. The molecule has 0 bridgehead atoms. The highest BCUT2D eigenvalue weighted by Gasteiger charge is 2.27. The van der Waals surface area contributed by atoms with Crippen molar-refractivity contribution in [2.45, 2.75) is 33.4 Å². The van der Waals surface area contributed by atoms with Gasteiger partial charge >= 0.3 is 0 Å². The summed E-state index contributed by atoms with van der Waals surface area (Å²) in [5.74, 6) is -0.278. The third kappa shape index (κ3) is 6.85. The number of carbonyl (C=O) groups excluding carboxylic acids is 2. The second kappa shape index (κ2) is 12.8. The van der Waals surface area contributed by atoms with E-state index in [2.05, 4.69) is 33.3 Å². The molecule has 0 saturated carbocycles. The molecule has 4 rings (SSSR count). The topological polar surface area (TPSA) is 55.9 Å².